The highest BCUT2D eigenvalue weighted by atomic mass is 35.5. The highest BCUT2D eigenvalue weighted by molar-refractivity contribution is 8.18. The Labute approximate surface area is 174 Å². The molecule has 2 aromatic carbocycles. The highest BCUT2D eigenvalue weighted by Gasteiger charge is 2.24. The lowest BCUT2D eigenvalue weighted by Gasteiger charge is -2.00. The largest absolute Gasteiger partial charge is 0.478 e. The third-order valence-electron chi connectivity index (χ3n) is 4.04. The number of thioether (sulfide) groups is 1. The Balaban J connectivity index is 1.60. The molecule has 8 heteroatoms. The number of aliphatic imine (C=N–C) groups is 1. The molecule has 1 amide bonds. The number of carboxylic acids is 1. The number of carboxylic acid groups (broad SMARTS) is 1. The van der Waals surface area contributed by atoms with Crippen LogP contribution in [0.4, 0.5) is 10.5 Å². The second-order valence-corrected chi connectivity index (χ2v) is 7.50. The van der Waals surface area contributed by atoms with E-state index in [2.05, 4.69) is 10.3 Å². The Bertz CT molecular complexity index is 1150. The molecule has 0 saturated carbocycles. The Morgan fingerprint density at radius 2 is 1.79 bits per heavy atom. The Hall–Kier alpha value is -3.29. The zero-order valence-electron chi connectivity index (χ0n) is 14.8. The molecule has 0 unspecified atom stereocenters. The van der Waals surface area contributed by atoms with Crippen LogP contribution in [0.2, 0.25) is 5.02 Å². The number of halogens is 1. The minimum absolute atomic E-state index is 0.206. The molecular formula is C21H13ClN2O4S. The molecular weight excluding hydrogens is 412 g/mol. The number of hydrogen-bond donors (Lipinski definition) is 2. The van der Waals surface area contributed by atoms with Crippen LogP contribution in [0.5, 0.6) is 0 Å². The summed E-state index contributed by atoms with van der Waals surface area (Å²) < 4.78 is 5.83. The summed E-state index contributed by atoms with van der Waals surface area (Å²) in [6.45, 7) is 0. The molecule has 1 aliphatic rings. The number of aromatic carboxylic acids is 1. The van der Waals surface area contributed by atoms with Crippen LogP contribution in [-0.2, 0) is 0 Å². The molecule has 6 nitrogen and oxygen atoms in total. The first-order chi connectivity index (χ1) is 14.0. The first-order valence-electron chi connectivity index (χ1n) is 8.47. The number of rotatable bonds is 4. The topological polar surface area (TPSA) is 91.9 Å². The van der Waals surface area contributed by atoms with Gasteiger partial charge in [-0.2, -0.15) is 0 Å². The maximum Gasteiger partial charge on any atom is 0.335 e. The van der Waals surface area contributed by atoms with Crippen LogP contribution in [0, 0.1) is 0 Å². The number of furan rings is 1. The Morgan fingerprint density at radius 1 is 1.07 bits per heavy atom. The van der Waals surface area contributed by atoms with Crippen LogP contribution in [0.25, 0.3) is 17.4 Å². The quantitative estimate of drug-likeness (QED) is 0.550. The van der Waals surface area contributed by atoms with Gasteiger partial charge in [-0.05, 0) is 66.4 Å². The predicted molar refractivity (Wildman–Crippen MR) is 114 cm³/mol. The van der Waals surface area contributed by atoms with Crippen molar-refractivity contribution in [3.63, 3.8) is 0 Å². The summed E-state index contributed by atoms with van der Waals surface area (Å²) in [5.74, 6) is 0.591. The summed E-state index contributed by atoms with van der Waals surface area (Å²) in [6, 6.07) is 16.9. The van der Waals surface area contributed by atoms with Crippen molar-refractivity contribution in [1.29, 1.82) is 0 Å². The maximum atomic E-state index is 11.8. The molecule has 0 spiro atoms. The molecule has 0 bridgehead atoms. The van der Waals surface area contributed by atoms with Crippen LogP contribution in [0.15, 0.2) is 75.0 Å². The molecule has 3 aromatic rings. The number of amides is 1. The lowest BCUT2D eigenvalue weighted by molar-refractivity contribution is 0.0697. The second kappa shape index (κ2) is 7.98. The number of hydrogen-bond acceptors (Lipinski definition) is 5. The molecule has 2 N–H and O–H groups in total. The molecule has 1 fully saturated rings. The van der Waals surface area contributed by atoms with Crippen LogP contribution < -0.4 is 5.32 Å². The lowest BCUT2D eigenvalue weighted by Crippen LogP contribution is -2.18. The van der Waals surface area contributed by atoms with E-state index in [9.17, 15) is 9.59 Å². The minimum Gasteiger partial charge on any atom is -0.478 e. The molecule has 2 heterocycles. The van der Waals surface area contributed by atoms with Crippen molar-refractivity contribution in [3.8, 4) is 11.3 Å². The summed E-state index contributed by atoms with van der Waals surface area (Å²) >= 11 is 6.92. The Kier molecular flexibility index (Phi) is 5.24. The van der Waals surface area contributed by atoms with Gasteiger partial charge in [-0.15, -0.1) is 0 Å². The first kappa shape index (κ1) is 19.0. The van der Waals surface area contributed by atoms with Gasteiger partial charge in [0.05, 0.1) is 16.2 Å². The van der Waals surface area contributed by atoms with E-state index in [0.29, 0.717) is 33.0 Å². The van der Waals surface area contributed by atoms with E-state index in [1.165, 1.54) is 12.1 Å². The fourth-order valence-electron chi connectivity index (χ4n) is 2.65. The van der Waals surface area contributed by atoms with E-state index in [0.717, 1.165) is 17.3 Å². The summed E-state index contributed by atoms with van der Waals surface area (Å²) in [6.07, 6.45) is 1.73. The predicted octanol–water partition coefficient (Wildman–Crippen LogP) is 5.83. The molecule has 1 aromatic heterocycles. The van der Waals surface area contributed by atoms with E-state index < -0.39 is 5.97 Å². The average Bonchev–Trinajstić information content (AvgIpc) is 3.30. The number of carbonyl (C=O) groups excluding carboxylic acids is 1. The van der Waals surface area contributed by atoms with Crippen molar-refractivity contribution in [2.45, 2.75) is 0 Å². The fourth-order valence-corrected chi connectivity index (χ4v) is 3.49. The molecule has 1 aliphatic heterocycles. The normalized spacial score (nSPS) is 16.4. The van der Waals surface area contributed by atoms with Gasteiger partial charge in [-0.3, -0.25) is 4.79 Å². The van der Waals surface area contributed by atoms with Crippen LogP contribution >= 0.6 is 23.4 Å². The fraction of sp³-hybridized carbons (Fsp3) is 0. The third kappa shape index (κ3) is 4.42. The van der Waals surface area contributed by atoms with Gasteiger partial charge < -0.3 is 14.8 Å². The van der Waals surface area contributed by atoms with E-state index in [1.807, 2.05) is 0 Å². The number of nitrogens with zero attached hydrogens (tertiary/aromatic N) is 1. The molecule has 4 rings (SSSR count). The van der Waals surface area contributed by atoms with Gasteiger partial charge in [0.15, 0.2) is 0 Å². The zero-order valence-corrected chi connectivity index (χ0v) is 16.3. The van der Waals surface area contributed by atoms with E-state index in [1.54, 1.807) is 54.6 Å². The highest BCUT2D eigenvalue weighted by Crippen LogP contribution is 2.30. The van der Waals surface area contributed by atoms with Crippen molar-refractivity contribution in [1.82, 2.24) is 5.32 Å². The van der Waals surface area contributed by atoms with Gasteiger partial charge in [0.1, 0.15) is 17.4 Å². The van der Waals surface area contributed by atoms with E-state index >= 15 is 0 Å². The molecule has 0 atom stereocenters. The number of carbonyl (C=O) groups is 2. The maximum absolute atomic E-state index is 11.8. The standard InChI is InChI=1S/C21H13ClN2O4S/c22-14-5-7-15(8-6-14)23-19-18(29-21(27)24-19)11-16-9-10-17(28-16)12-1-3-13(4-2-12)20(25)26/h1-11H,(H,25,26)(H,23,24,27). The van der Waals surface area contributed by atoms with Crippen molar-refractivity contribution >= 4 is 52.2 Å². The Morgan fingerprint density at radius 3 is 2.48 bits per heavy atom. The molecule has 29 heavy (non-hydrogen) atoms. The van der Waals surface area contributed by atoms with Gasteiger partial charge in [0.25, 0.3) is 5.24 Å². The van der Waals surface area contributed by atoms with Gasteiger partial charge in [-0.25, -0.2) is 9.79 Å². The monoisotopic (exact) mass is 424 g/mol. The van der Waals surface area contributed by atoms with E-state index in [4.69, 9.17) is 21.1 Å². The van der Waals surface area contributed by atoms with Crippen LogP contribution in [-0.4, -0.2) is 22.2 Å². The van der Waals surface area contributed by atoms with Gasteiger partial charge in [-0.1, -0.05) is 23.7 Å². The molecule has 144 valence electrons. The molecule has 0 aliphatic carbocycles. The summed E-state index contributed by atoms with van der Waals surface area (Å²) in [4.78, 5) is 27.9. The zero-order chi connectivity index (χ0) is 20.4. The smallest absolute Gasteiger partial charge is 0.335 e. The average molecular weight is 425 g/mol. The SMILES string of the molecule is O=C1NC(=Nc2ccc(Cl)cc2)C(=Cc2ccc(-c3ccc(C(=O)O)cc3)o2)S1. The molecule has 0 radical (unpaired) electrons. The first-order valence-corrected chi connectivity index (χ1v) is 9.66. The van der Waals surface area contributed by atoms with Crippen LogP contribution in [0.3, 0.4) is 0 Å². The minimum atomic E-state index is -0.982. The lowest BCUT2D eigenvalue weighted by atomic mass is 10.1. The van der Waals surface area contributed by atoms with Crippen molar-refractivity contribution in [2.24, 2.45) is 4.99 Å². The third-order valence-corrected chi connectivity index (χ3v) is 5.11. The number of amidine groups is 1. The van der Waals surface area contributed by atoms with Gasteiger partial charge >= 0.3 is 5.97 Å². The number of benzene rings is 2. The summed E-state index contributed by atoms with van der Waals surface area (Å²) in [5, 5.41) is 12.1. The van der Waals surface area contributed by atoms with Crippen molar-refractivity contribution in [2.75, 3.05) is 0 Å². The summed E-state index contributed by atoms with van der Waals surface area (Å²) in [5.41, 5.74) is 1.62. The van der Waals surface area contributed by atoms with Gasteiger partial charge in [0, 0.05) is 10.6 Å². The van der Waals surface area contributed by atoms with Gasteiger partial charge in [0.2, 0.25) is 0 Å². The van der Waals surface area contributed by atoms with Crippen molar-refractivity contribution < 1.29 is 19.1 Å². The van der Waals surface area contributed by atoms with E-state index in [-0.39, 0.29) is 10.8 Å². The number of nitrogens with one attached hydrogen (secondary N) is 1. The molecule has 1 saturated heterocycles. The van der Waals surface area contributed by atoms with Crippen LogP contribution in [0.1, 0.15) is 16.1 Å². The van der Waals surface area contributed by atoms with Crippen molar-refractivity contribution in [3.05, 3.63) is 81.9 Å². The second-order valence-electron chi connectivity index (χ2n) is 6.04. The summed E-state index contributed by atoms with van der Waals surface area (Å²) in [7, 11) is 0.